The lowest BCUT2D eigenvalue weighted by Gasteiger charge is -2.12. The highest BCUT2D eigenvalue weighted by molar-refractivity contribution is 5.90. The lowest BCUT2D eigenvalue weighted by atomic mass is 10.3. The number of aliphatic hydroxyl groups excluding tert-OH is 1. The summed E-state index contributed by atoms with van der Waals surface area (Å²) in [6, 6.07) is 6.23. The predicted molar refractivity (Wildman–Crippen MR) is 79.4 cm³/mol. The number of carbonyl (C=O) groups is 1. The number of amides is 1. The number of likely N-dealkylation sites (N-methyl/N-ethyl adjacent to an activating group) is 1. The minimum atomic E-state index is -0.424. The maximum Gasteiger partial charge on any atom is 0.293 e. The molecule has 2 rings (SSSR count). The standard InChI is InChI=1S/C15H19FN4O2/c1-3-6-13-17-14(15(22)19(2)9-10-21)18-20(13)12-8-5-4-7-11(12)16/h4-5,7-8,21H,3,6,9-10H2,1-2H3. The molecule has 0 bridgehead atoms. The van der Waals surface area contributed by atoms with E-state index in [0.29, 0.717) is 12.2 Å². The Kier molecular flexibility index (Phi) is 5.21. The summed E-state index contributed by atoms with van der Waals surface area (Å²) >= 11 is 0. The maximum absolute atomic E-state index is 14.0. The van der Waals surface area contributed by atoms with Crippen LogP contribution in [0.5, 0.6) is 0 Å². The van der Waals surface area contributed by atoms with Crippen molar-refractivity contribution >= 4 is 5.91 Å². The van der Waals surface area contributed by atoms with Gasteiger partial charge in [-0.2, -0.15) is 0 Å². The fourth-order valence-corrected chi connectivity index (χ4v) is 2.06. The number of rotatable bonds is 6. The fourth-order valence-electron chi connectivity index (χ4n) is 2.06. The Labute approximate surface area is 128 Å². The number of aromatic nitrogens is 3. The number of halogens is 1. The minimum absolute atomic E-state index is 0.00246. The molecule has 0 unspecified atom stereocenters. The molecule has 0 saturated heterocycles. The van der Waals surface area contributed by atoms with Crippen LogP contribution in [-0.4, -0.2) is 50.9 Å². The summed E-state index contributed by atoms with van der Waals surface area (Å²) in [5.74, 6) is -0.287. The van der Waals surface area contributed by atoms with Crippen LogP contribution in [0.15, 0.2) is 24.3 Å². The Morgan fingerprint density at radius 1 is 1.41 bits per heavy atom. The van der Waals surface area contributed by atoms with Gasteiger partial charge in [-0.1, -0.05) is 19.1 Å². The average Bonchev–Trinajstić information content (AvgIpc) is 2.91. The van der Waals surface area contributed by atoms with Gasteiger partial charge in [0.2, 0.25) is 5.82 Å². The number of para-hydroxylation sites is 1. The average molecular weight is 306 g/mol. The van der Waals surface area contributed by atoms with Gasteiger partial charge >= 0.3 is 0 Å². The molecule has 0 aliphatic heterocycles. The summed E-state index contributed by atoms with van der Waals surface area (Å²) < 4.78 is 15.3. The lowest BCUT2D eigenvalue weighted by Crippen LogP contribution is -2.30. The van der Waals surface area contributed by atoms with Gasteiger partial charge in [0.05, 0.1) is 6.61 Å². The van der Waals surface area contributed by atoms with Crippen molar-refractivity contribution in [3.8, 4) is 5.69 Å². The first-order valence-electron chi connectivity index (χ1n) is 7.15. The molecule has 1 N–H and O–H groups in total. The number of aliphatic hydroxyl groups is 1. The van der Waals surface area contributed by atoms with E-state index in [0.717, 1.165) is 6.42 Å². The molecule has 1 aromatic carbocycles. The molecule has 0 atom stereocenters. The van der Waals surface area contributed by atoms with Crippen LogP contribution in [-0.2, 0) is 6.42 Å². The Balaban J connectivity index is 2.42. The van der Waals surface area contributed by atoms with Crippen molar-refractivity contribution in [1.82, 2.24) is 19.7 Å². The summed E-state index contributed by atoms with van der Waals surface area (Å²) in [6.07, 6.45) is 1.38. The number of nitrogens with zero attached hydrogens (tertiary/aromatic N) is 4. The van der Waals surface area contributed by atoms with Crippen LogP contribution in [0, 0.1) is 5.82 Å². The predicted octanol–water partition coefficient (Wildman–Crippen LogP) is 1.42. The number of hydrogen-bond acceptors (Lipinski definition) is 4. The molecule has 0 spiro atoms. The SMILES string of the molecule is CCCc1nc(C(=O)N(C)CCO)nn1-c1ccccc1F. The van der Waals surface area contributed by atoms with Crippen LogP contribution >= 0.6 is 0 Å². The Hall–Kier alpha value is -2.28. The summed E-state index contributed by atoms with van der Waals surface area (Å²) in [5.41, 5.74) is 0.266. The monoisotopic (exact) mass is 306 g/mol. The van der Waals surface area contributed by atoms with Gasteiger partial charge in [0.1, 0.15) is 17.3 Å². The topological polar surface area (TPSA) is 71.2 Å². The van der Waals surface area contributed by atoms with Gasteiger partial charge in [-0.25, -0.2) is 14.1 Å². The van der Waals surface area contributed by atoms with Crippen LogP contribution in [0.2, 0.25) is 0 Å². The van der Waals surface area contributed by atoms with E-state index in [1.807, 2.05) is 6.92 Å². The van der Waals surface area contributed by atoms with Crippen LogP contribution in [0.25, 0.3) is 5.69 Å². The van der Waals surface area contributed by atoms with Crippen molar-refractivity contribution in [2.75, 3.05) is 20.2 Å². The van der Waals surface area contributed by atoms with E-state index < -0.39 is 11.7 Å². The van der Waals surface area contributed by atoms with E-state index in [9.17, 15) is 9.18 Å². The van der Waals surface area contributed by atoms with Crippen LogP contribution in [0.4, 0.5) is 4.39 Å². The third-order valence-electron chi connectivity index (χ3n) is 3.20. The Bertz CT molecular complexity index is 657. The molecular formula is C15H19FN4O2. The molecule has 1 amide bonds. The number of benzene rings is 1. The van der Waals surface area contributed by atoms with Crippen molar-refractivity contribution in [2.24, 2.45) is 0 Å². The van der Waals surface area contributed by atoms with Crippen LogP contribution in [0.3, 0.4) is 0 Å². The number of aryl methyl sites for hydroxylation is 1. The Morgan fingerprint density at radius 2 is 2.14 bits per heavy atom. The molecular weight excluding hydrogens is 287 g/mol. The lowest BCUT2D eigenvalue weighted by molar-refractivity contribution is 0.0755. The van der Waals surface area contributed by atoms with Crippen molar-refractivity contribution in [2.45, 2.75) is 19.8 Å². The number of carbonyl (C=O) groups excluding carboxylic acids is 1. The zero-order valence-electron chi connectivity index (χ0n) is 12.7. The first kappa shape index (κ1) is 16.1. The first-order valence-corrected chi connectivity index (χ1v) is 7.15. The minimum Gasteiger partial charge on any atom is -0.395 e. The van der Waals surface area contributed by atoms with Crippen LogP contribution in [0.1, 0.15) is 29.8 Å². The van der Waals surface area contributed by atoms with Gasteiger partial charge < -0.3 is 10.0 Å². The second-order valence-electron chi connectivity index (χ2n) is 4.92. The summed E-state index contributed by atoms with van der Waals surface area (Å²) in [6.45, 7) is 2.02. The van der Waals surface area contributed by atoms with Crippen molar-refractivity contribution in [3.05, 3.63) is 41.7 Å². The number of hydrogen-bond donors (Lipinski definition) is 1. The van der Waals surface area contributed by atoms with E-state index in [4.69, 9.17) is 5.11 Å². The molecule has 2 aromatic rings. The van der Waals surface area contributed by atoms with E-state index in [2.05, 4.69) is 10.1 Å². The smallest absolute Gasteiger partial charge is 0.293 e. The normalized spacial score (nSPS) is 10.7. The summed E-state index contributed by atoms with van der Waals surface area (Å²) in [4.78, 5) is 17.8. The largest absolute Gasteiger partial charge is 0.395 e. The third kappa shape index (κ3) is 3.30. The molecule has 0 fully saturated rings. The molecule has 0 radical (unpaired) electrons. The molecule has 0 aliphatic rings. The highest BCUT2D eigenvalue weighted by Gasteiger charge is 2.21. The van der Waals surface area contributed by atoms with E-state index in [-0.39, 0.29) is 24.7 Å². The van der Waals surface area contributed by atoms with E-state index in [1.165, 1.54) is 15.6 Å². The summed E-state index contributed by atoms with van der Waals surface area (Å²) in [7, 11) is 1.56. The molecule has 22 heavy (non-hydrogen) atoms. The molecule has 1 heterocycles. The second-order valence-corrected chi connectivity index (χ2v) is 4.92. The van der Waals surface area contributed by atoms with Crippen molar-refractivity contribution < 1.29 is 14.3 Å². The zero-order valence-corrected chi connectivity index (χ0v) is 12.7. The van der Waals surface area contributed by atoms with Gasteiger partial charge in [-0.3, -0.25) is 4.79 Å². The highest BCUT2D eigenvalue weighted by atomic mass is 19.1. The van der Waals surface area contributed by atoms with Gasteiger partial charge in [0.15, 0.2) is 0 Å². The van der Waals surface area contributed by atoms with E-state index >= 15 is 0 Å². The highest BCUT2D eigenvalue weighted by Crippen LogP contribution is 2.15. The van der Waals surface area contributed by atoms with E-state index in [1.54, 1.807) is 25.2 Å². The maximum atomic E-state index is 14.0. The van der Waals surface area contributed by atoms with Crippen LogP contribution < -0.4 is 0 Å². The molecule has 1 aromatic heterocycles. The zero-order chi connectivity index (χ0) is 16.1. The van der Waals surface area contributed by atoms with Crippen molar-refractivity contribution in [3.63, 3.8) is 0 Å². The van der Waals surface area contributed by atoms with Gasteiger partial charge in [0, 0.05) is 20.0 Å². The molecule has 0 saturated carbocycles. The second kappa shape index (κ2) is 7.13. The molecule has 118 valence electrons. The molecule has 7 heteroatoms. The molecule has 6 nitrogen and oxygen atoms in total. The first-order chi connectivity index (χ1) is 10.6. The fraction of sp³-hybridized carbons (Fsp3) is 0.400. The van der Waals surface area contributed by atoms with Gasteiger partial charge in [0.25, 0.3) is 5.91 Å². The van der Waals surface area contributed by atoms with Gasteiger partial charge in [-0.05, 0) is 18.6 Å². The quantitative estimate of drug-likeness (QED) is 0.876. The summed E-state index contributed by atoms with van der Waals surface area (Å²) in [5, 5.41) is 13.1. The van der Waals surface area contributed by atoms with Crippen molar-refractivity contribution in [1.29, 1.82) is 0 Å². The Morgan fingerprint density at radius 3 is 2.77 bits per heavy atom. The molecule has 0 aliphatic carbocycles. The van der Waals surface area contributed by atoms with Gasteiger partial charge in [-0.15, -0.1) is 5.10 Å². The third-order valence-corrected chi connectivity index (χ3v) is 3.20.